The van der Waals surface area contributed by atoms with E-state index in [1.807, 2.05) is 0 Å². The molecule has 0 aliphatic rings. The van der Waals surface area contributed by atoms with Crippen molar-refractivity contribution in [1.82, 2.24) is 4.90 Å². The number of carbonyl (C=O) groups is 1. The minimum Gasteiger partial charge on any atom is -0.409 e. The molecular formula is C13H19N3O4S. The van der Waals surface area contributed by atoms with Gasteiger partial charge < -0.3 is 15.8 Å². The first-order valence-corrected chi connectivity index (χ1v) is 8.13. The van der Waals surface area contributed by atoms with Crippen LogP contribution in [0.3, 0.4) is 0 Å². The number of hydrogen-bond donors (Lipinski definition) is 2. The second kappa shape index (κ2) is 6.57. The van der Waals surface area contributed by atoms with Crippen LogP contribution in [0.25, 0.3) is 0 Å². The van der Waals surface area contributed by atoms with Crippen molar-refractivity contribution in [3.05, 3.63) is 35.4 Å². The molecule has 0 aliphatic heterocycles. The first kappa shape index (κ1) is 17.0. The van der Waals surface area contributed by atoms with Crippen LogP contribution >= 0.6 is 0 Å². The number of carbonyl (C=O) groups excluding carboxylic acids is 1. The molecule has 0 fully saturated rings. The Bertz CT molecular complexity index is 655. The second-order valence-electron chi connectivity index (χ2n) is 4.85. The molecule has 1 amide bonds. The quantitative estimate of drug-likeness (QED) is 0.348. The van der Waals surface area contributed by atoms with Crippen molar-refractivity contribution in [2.75, 3.05) is 13.3 Å². The molecule has 0 bridgehead atoms. The zero-order valence-corrected chi connectivity index (χ0v) is 13.0. The Hall–Kier alpha value is -2.09. The summed E-state index contributed by atoms with van der Waals surface area (Å²) in [4.78, 5) is 13.4. The molecule has 1 aromatic carbocycles. The summed E-state index contributed by atoms with van der Waals surface area (Å²) in [6, 6.07) is 6.81. The summed E-state index contributed by atoms with van der Waals surface area (Å²) in [6.45, 7) is 1.59. The SMILES string of the molecule is CC(C(=O)N(C)Cc1cccc(/C(N)=N/O)c1)S(C)(=O)=O. The summed E-state index contributed by atoms with van der Waals surface area (Å²) in [6.07, 6.45) is 1.03. The number of rotatable bonds is 5. The summed E-state index contributed by atoms with van der Waals surface area (Å²) in [7, 11) is -1.90. The molecule has 1 atom stereocenters. The summed E-state index contributed by atoms with van der Waals surface area (Å²) in [5, 5.41) is 10.5. The molecule has 1 unspecified atom stereocenters. The summed E-state index contributed by atoms with van der Waals surface area (Å²) >= 11 is 0. The van der Waals surface area contributed by atoms with Gasteiger partial charge in [0.05, 0.1) is 0 Å². The van der Waals surface area contributed by atoms with Crippen LogP contribution in [0.1, 0.15) is 18.1 Å². The summed E-state index contributed by atoms with van der Waals surface area (Å²) < 4.78 is 22.8. The van der Waals surface area contributed by atoms with Gasteiger partial charge in [-0.25, -0.2) is 8.42 Å². The van der Waals surface area contributed by atoms with E-state index in [0.29, 0.717) is 5.56 Å². The predicted octanol–water partition coefficient (Wildman–Crippen LogP) is 0.173. The van der Waals surface area contributed by atoms with Crippen molar-refractivity contribution >= 4 is 21.6 Å². The highest BCUT2D eigenvalue weighted by Crippen LogP contribution is 2.10. The molecule has 0 aromatic heterocycles. The fourth-order valence-corrected chi connectivity index (χ4v) is 2.28. The van der Waals surface area contributed by atoms with E-state index in [1.165, 1.54) is 18.9 Å². The number of benzene rings is 1. The topological polar surface area (TPSA) is 113 Å². The molecule has 116 valence electrons. The Morgan fingerprint density at radius 3 is 2.62 bits per heavy atom. The van der Waals surface area contributed by atoms with Gasteiger partial charge >= 0.3 is 0 Å². The van der Waals surface area contributed by atoms with E-state index in [2.05, 4.69) is 5.16 Å². The zero-order chi connectivity index (χ0) is 16.2. The molecule has 0 spiro atoms. The Balaban J connectivity index is 2.89. The third-order valence-corrected chi connectivity index (χ3v) is 4.60. The van der Waals surface area contributed by atoms with Crippen LogP contribution in [-0.2, 0) is 21.2 Å². The predicted molar refractivity (Wildman–Crippen MR) is 79.7 cm³/mol. The van der Waals surface area contributed by atoms with E-state index < -0.39 is 21.0 Å². The average Bonchev–Trinajstić information content (AvgIpc) is 2.44. The Labute approximate surface area is 124 Å². The van der Waals surface area contributed by atoms with Crippen molar-refractivity contribution in [2.24, 2.45) is 10.9 Å². The first-order valence-electron chi connectivity index (χ1n) is 6.17. The van der Waals surface area contributed by atoms with Crippen LogP contribution in [0.5, 0.6) is 0 Å². The number of nitrogens with zero attached hydrogens (tertiary/aromatic N) is 2. The van der Waals surface area contributed by atoms with Crippen molar-refractivity contribution < 1.29 is 18.4 Å². The van der Waals surface area contributed by atoms with Gasteiger partial charge in [0, 0.05) is 25.4 Å². The average molecular weight is 313 g/mol. The normalized spacial score (nSPS) is 13.8. The maximum atomic E-state index is 12.0. The van der Waals surface area contributed by atoms with Gasteiger partial charge in [0.1, 0.15) is 5.25 Å². The molecular weight excluding hydrogens is 294 g/mol. The Morgan fingerprint density at radius 1 is 1.48 bits per heavy atom. The fourth-order valence-electron chi connectivity index (χ4n) is 1.73. The van der Waals surface area contributed by atoms with Gasteiger partial charge in [-0.2, -0.15) is 0 Å². The molecule has 0 saturated carbocycles. The standard InChI is InChI=1S/C13H19N3O4S/c1-9(21(3,19)20)13(17)16(2)8-10-5-4-6-11(7-10)12(14)15-18/h4-7,9,18H,8H2,1-3H3,(H2,14,15). The Morgan fingerprint density at radius 2 is 2.10 bits per heavy atom. The highest BCUT2D eigenvalue weighted by Gasteiger charge is 2.26. The highest BCUT2D eigenvalue weighted by atomic mass is 32.2. The minimum absolute atomic E-state index is 0.0321. The smallest absolute Gasteiger partial charge is 0.240 e. The number of sulfone groups is 1. The van der Waals surface area contributed by atoms with E-state index in [1.54, 1.807) is 24.3 Å². The number of amides is 1. The van der Waals surface area contributed by atoms with Crippen molar-refractivity contribution in [2.45, 2.75) is 18.7 Å². The molecule has 7 nitrogen and oxygen atoms in total. The lowest BCUT2D eigenvalue weighted by Gasteiger charge is -2.20. The minimum atomic E-state index is -3.43. The largest absolute Gasteiger partial charge is 0.409 e. The molecule has 8 heteroatoms. The lowest BCUT2D eigenvalue weighted by atomic mass is 10.1. The molecule has 3 N–H and O–H groups in total. The molecule has 0 saturated heterocycles. The molecule has 0 radical (unpaired) electrons. The Kier molecular flexibility index (Phi) is 5.31. The number of oxime groups is 1. The van der Waals surface area contributed by atoms with E-state index in [4.69, 9.17) is 10.9 Å². The van der Waals surface area contributed by atoms with Gasteiger partial charge in [0.15, 0.2) is 15.7 Å². The molecule has 21 heavy (non-hydrogen) atoms. The van der Waals surface area contributed by atoms with Crippen LogP contribution in [0.2, 0.25) is 0 Å². The molecule has 1 rings (SSSR count). The maximum Gasteiger partial charge on any atom is 0.240 e. The van der Waals surface area contributed by atoms with Gasteiger partial charge in [0.25, 0.3) is 0 Å². The van der Waals surface area contributed by atoms with E-state index in [0.717, 1.165) is 11.8 Å². The van der Waals surface area contributed by atoms with E-state index in [9.17, 15) is 13.2 Å². The first-order chi connectivity index (χ1) is 9.66. The lowest BCUT2D eigenvalue weighted by molar-refractivity contribution is -0.129. The van der Waals surface area contributed by atoms with Gasteiger partial charge in [0.2, 0.25) is 5.91 Å². The zero-order valence-electron chi connectivity index (χ0n) is 12.1. The number of hydrogen-bond acceptors (Lipinski definition) is 5. The number of amidine groups is 1. The van der Waals surface area contributed by atoms with Crippen LogP contribution in [0, 0.1) is 0 Å². The summed E-state index contributed by atoms with van der Waals surface area (Å²) in [5.41, 5.74) is 6.77. The monoisotopic (exact) mass is 313 g/mol. The van der Waals surface area contributed by atoms with Gasteiger partial charge in [-0.15, -0.1) is 0 Å². The van der Waals surface area contributed by atoms with Gasteiger partial charge in [-0.1, -0.05) is 23.4 Å². The maximum absolute atomic E-state index is 12.0. The molecule has 0 heterocycles. The highest BCUT2D eigenvalue weighted by molar-refractivity contribution is 7.92. The molecule has 0 aliphatic carbocycles. The van der Waals surface area contributed by atoms with Crippen LogP contribution in [-0.4, -0.2) is 48.8 Å². The van der Waals surface area contributed by atoms with E-state index >= 15 is 0 Å². The van der Waals surface area contributed by atoms with Crippen molar-refractivity contribution in [3.8, 4) is 0 Å². The van der Waals surface area contributed by atoms with Crippen LogP contribution in [0.15, 0.2) is 29.4 Å². The summed E-state index contributed by atoms with van der Waals surface area (Å²) in [5.74, 6) is -0.512. The van der Waals surface area contributed by atoms with Crippen LogP contribution in [0.4, 0.5) is 0 Å². The fraction of sp³-hybridized carbons (Fsp3) is 0.385. The van der Waals surface area contributed by atoms with E-state index in [-0.39, 0.29) is 12.4 Å². The molecule has 1 aromatic rings. The third kappa shape index (κ3) is 4.45. The lowest BCUT2D eigenvalue weighted by Crippen LogP contribution is -2.38. The number of nitrogens with two attached hydrogens (primary N) is 1. The second-order valence-corrected chi connectivity index (χ2v) is 7.22. The van der Waals surface area contributed by atoms with Gasteiger partial charge in [-0.05, 0) is 18.6 Å². The van der Waals surface area contributed by atoms with Crippen LogP contribution < -0.4 is 5.73 Å². The van der Waals surface area contributed by atoms with Crippen molar-refractivity contribution in [1.29, 1.82) is 0 Å². The third-order valence-electron chi connectivity index (χ3n) is 3.12. The van der Waals surface area contributed by atoms with Crippen molar-refractivity contribution in [3.63, 3.8) is 0 Å². The van der Waals surface area contributed by atoms with Gasteiger partial charge in [-0.3, -0.25) is 4.79 Å².